The van der Waals surface area contributed by atoms with Gasteiger partial charge in [-0.3, -0.25) is 4.90 Å². The molecule has 36 heavy (non-hydrogen) atoms. The second kappa shape index (κ2) is 11.7. The summed E-state index contributed by atoms with van der Waals surface area (Å²) in [4.78, 5) is 8.15. The van der Waals surface area contributed by atoms with Gasteiger partial charge in [-0.15, -0.1) is 0 Å². The van der Waals surface area contributed by atoms with Crippen LogP contribution in [-0.2, 0) is 6.54 Å². The Morgan fingerprint density at radius 1 is 1.17 bits per heavy atom. The fourth-order valence-corrected chi connectivity index (χ4v) is 4.62. The molecule has 2 N–H and O–H groups in total. The number of piperazine rings is 1. The van der Waals surface area contributed by atoms with Gasteiger partial charge in [0.2, 0.25) is 0 Å². The highest BCUT2D eigenvalue weighted by molar-refractivity contribution is 5.88. The van der Waals surface area contributed by atoms with E-state index < -0.39 is 0 Å². The lowest BCUT2D eigenvalue weighted by Gasteiger charge is -2.32. The molecule has 2 heterocycles. The summed E-state index contributed by atoms with van der Waals surface area (Å²) < 4.78 is 0. The van der Waals surface area contributed by atoms with Gasteiger partial charge in [0.25, 0.3) is 0 Å². The second-order valence-corrected chi connectivity index (χ2v) is 9.31. The summed E-state index contributed by atoms with van der Waals surface area (Å²) in [6.45, 7) is 13.4. The predicted molar refractivity (Wildman–Crippen MR) is 152 cm³/mol. The van der Waals surface area contributed by atoms with Crippen molar-refractivity contribution in [3.63, 3.8) is 0 Å². The van der Waals surface area contributed by atoms with Gasteiger partial charge in [-0.25, -0.2) is 0 Å². The fraction of sp³-hybridized carbons (Fsp3) is 0.258. The molecule has 1 saturated heterocycles. The van der Waals surface area contributed by atoms with Crippen LogP contribution in [0.2, 0.25) is 0 Å². The van der Waals surface area contributed by atoms with Crippen LogP contribution in [0, 0.1) is 18.3 Å². The van der Waals surface area contributed by atoms with Crippen LogP contribution in [0.1, 0.15) is 23.6 Å². The van der Waals surface area contributed by atoms with E-state index in [9.17, 15) is 5.26 Å². The number of nitrogens with zero attached hydrogens (tertiary/aromatic N) is 3. The quantitative estimate of drug-likeness (QED) is 0.297. The van der Waals surface area contributed by atoms with E-state index >= 15 is 0 Å². The standard InChI is InChI=1S/C31H35N5/c1-5-26(11-10-24-8-7-9-25(20-24)22-36-18-16-35(4)17-19-36)31(27(6-2)21-32)34-29-12-13-30-28(23(29)3)14-15-33-30/h5-15,20,33-34H,2,16-19,22H2,1,3-4H3/b11-10+,26-5-,31-27-. The van der Waals surface area contributed by atoms with Crippen LogP contribution in [-0.4, -0.2) is 48.0 Å². The first-order valence-electron chi connectivity index (χ1n) is 12.5. The van der Waals surface area contributed by atoms with Crippen LogP contribution in [0.3, 0.4) is 0 Å². The smallest absolute Gasteiger partial charge is 0.101 e. The summed E-state index contributed by atoms with van der Waals surface area (Å²) >= 11 is 0. The molecule has 3 aromatic rings. The van der Waals surface area contributed by atoms with E-state index in [1.807, 2.05) is 25.3 Å². The van der Waals surface area contributed by atoms with Crippen molar-refractivity contribution in [3.05, 3.63) is 107 Å². The zero-order valence-electron chi connectivity index (χ0n) is 21.5. The molecule has 5 nitrogen and oxygen atoms in total. The molecule has 0 spiro atoms. The molecule has 0 atom stereocenters. The van der Waals surface area contributed by atoms with Crippen LogP contribution in [0.15, 0.2) is 90.3 Å². The zero-order chi connectivity index (χ0) is 25.5. The van der Waals surface area contributed by atoms with Crippen LogP contribution in [0.5, 0.6) is 0 Å². The molecule has 5 heteroatoms. The summed E-state index contributed by atoms with van der Waals surface area (Å²) in [6, 6.07) is 17.2. The number of likely N-dealkylation sites (N-methyl/N-ethyl adjacent to an activating group) is 1. The number of benzene rings is 2. The molecule has 4 rings (SSSR count). The predicted octanol–water partition coefficient (Wildman–Crippen LogP) is 6.26. The van der Waals surface area contributed by atoms with Gasteiger partial charge in [0, 0.05) is 55.5 Å². The molecule has 0 bridgehead atoms. The molecule has 1 aromatic heterocycles. The zero-order valence-corrected chi connectivity index (χ0v) is 21.5. The van der Waals surface area contributed by atoms with Crippen molar-refractivity contribution < 1.29 is 0 Å². The molecule has 2 aromatic carbocycles. The van der Waals surface area contributed by atoms with Crippen molar-refractivity contribution in [2.24, 2.45) is 0 Å². The maximum absolute atomic E-state index is 9.84. The monoisotopic (exact) mass is 477 g/mol. The van der Waals surface area contributed by atoms with Gasteiger partial charge in [0.1, 0.15) is 6.07 Å². The maximum Gasteiger partial charge on any atom is 0.101 e. The molecular weight excluding hydrogens is 442 g/mol. The lowest BCUT2D eigenvalue weighted by atomic mass is 10.0. The Balaban J connectivity index is 1.57. The number of aromatic nitrogens is 1. The van der Waals surface area contributed by atoms with Gasteiger partial charge in [-0.05, 0) is 67.4 Å². The Labute approximate surface area is 214 Å². The highest BCUT2D eigenvalue weighted by atomic mass is 15.2. The van der Waals surface area contributed by atoms with Gasteiger partial charge in [0.15, 0.2) is 0 Å². The van der Waals surface area contributed by atoms with E-state index in [0.717, 1.165) is 71.7 Å². The van der Waals surface area contributed by atoms with Gasteiger partial charge in [-0.2, -0.15) is 5.26 Å². The lowest BCUT2D eigenvalue weighted by Crippen LogP contribution is -2.43. The van der Waals surface area contributed by atoms with Gasteiger partial charge >= 0.3 is 0 Å². The van der Waals surface area contributed by atoms with Crippen molar-refractivity contribution in [2.45, 2.75) is 20.4 Å². The Hall–Kier alpha value is -3.85. The van der Waals surface area contributed by atoms with E-state index in [0.29, 0.717) is 5.57 Å². The minimum atomic E-state index is 0.505. The highest BCUT2D eigenvalue weighted by Gasteiger charge is 2.14. The first kappa shape index (κ1) is 25.2. The number of allylic oxidation sites excluding steroid dienone is 4. The second-order valence-electron chi connectivity index (χ2n) is 9.31. The van der Waals surface area contributed by atoms with Crippen LogP contribution >= 0.6 is 0 Å². The summed E-state index contributed by atoms with van der Waals surface area (Å²) in [6.07, 6.45) is 9.77. The first-order valence-corrected chi connectivity index (χ1v) is 12.5. The SMILES string of the molecule is C=C\C(C#N)=C(Nc1ccc2[nH]ccc2c1C)/C(=C\C)/C=C/c1cccc(CN2CCN(C)CC2)c1. The van der Waals surface area contributed by atoms with Crippen LogP contribution < -0.4 is 5.32 Å². The van der Waals surface area contributed by atoms with Crippen molar-refractivity contribution >= 4 is 22.7 Å². The van der Waals surface area contributed by atoms with Crippen molar-refractivity contribution in [1.82, 2.24) is 14.8 Å². The topological polar surface area (TPSA) is 58.1 Å². The van der Waals surface area contributed by atoms with E-state index in [-0.39, 0.29) is 0 Å². The largest absolute Gasteiger partial charge is 0.361 e. The molecule has 1 aliphatic rings. The molecular formula is C31H35N5. The van der Waals surface area contributed by atoms with E-state index in [1.165, 1.54) is 5.56 Å². The summed E-state index contributed by atoms with van der Waals surface area (Å²) in [5, 5.41) is 14.5. The Kier molecular flexibility index (Phi) is 8.22. The molecule has 1 fully saturated rings. The fourth-order valence-electron chi connectivity index (χ4n) is 4.62. The highest BCUT2D eigenvalue weighted by Crippen LogP contribution is 2.29. The third-order valence-electron chi connectivity index (χ3n) is 6.87. The van der Waals surface area contributed by atoms with E-state index in [4.69, 9.17) is 0 Å². The molecule has 0 amide bonds. The number of aromatic amines is 1. The lowest BCUT2D eigenvalue weighted by molar-refractivity contribution is 0.148. The number of nitriles is 1. The third kappa shape index (κ3) is 5.85. The van der Waals surface area contributed by atoms with Crippen molar-refractivity contribution in [3.8, 4) is 6.07 Å². The Morgan fingerprint density at radius 3 is 2.69 bits per heavy atom. The number of hydrogen-bond donors (Lipinski definition) is 2. The summed E-state index contributed by atoms with van der Waals surface area (Å²) in [5.74, 6) is 0. The van der Waals surface area contributed by atoms with Crippen molar-refractivity contribution in [1.29, 1.82) is 5.26 Å². The minimum absolute atomic E-state index is 0.505. The van der Waals surface area contributed by atoms with Gasteiger partial charge in [-0.1, -0.05) is 49.1 Å². The number of anilines is 1. The van der Waals surface area contributed by atoms with Crippen LogP contribution in [0.25, 0.3) is 17.0 Å². The maximum atomic E-state index is 9.84. The average molecular weight is 478 g/mol. The third-order valence-corrected chi connectivity index (χ3v) is 6.87. The summed E-state index contributed by atoms with van der Waals surface area (Å²) in [5.41, 5.74) is 7.83. The number of aryl methyl sites for hydroxylation is 1. The molecule has 1 aliphatic heterocycles. The van der Waals surface area contributed by atoms with Crippen molar-refractivity contribution in [2.75, 3.05) is 38.5 Å². The molecule has 184 valence electrons. The average Bonchev–Trinajstić information content (AvgIpc) is 3.38. The Bertz CT molecular complexity index is 1360. The normalized spacial score (nSPS) is 16.2. The number of fused-ring (bicyclic) bond motifs is 1. The van der Waals surface area contributed by atoms with Gasteiger partial charge < -0.3 is 15.2 Å². The first-order chi connectivity index (χ1) is 17.5. The van der Waals surface area contributed by atoms with E-state index in [2.05, 4.69) is 95.3 Å². The molecule has 0 unspecified atom stereocenters. The number of nitrogens with one attached hydrogen (secondary N) is 2. The van der Waals surface area contributed by atoms with Crippen LogP contribution in [0.4, 0.5) is 5.69 Å². The Morgan fingerprint density at radius 2 is 1.97 bits per heavy atom. The molecule has 0 radical (unpaired) electrons. The number of rotatable bonds is 8. The number of hydrogen-bond acceptors (Lipinski definition) is 4. The van der Waals surface area contributed by atoms with Gasteiger partial charge in [0.05, 0.1) is 11.3 Å². The molecule has 0 aliphatic carbocycles. The number of H-pyrrole nitrogens is 1. The molecule has 0 saturated carbocycles. The summed E-state index contributed by atoms with van der Waals surface area (Å²) in [7, 11) is 2.18. The minimum Gasteiger partial charge on any atom is -0.361 e. The van der Waals surface area contributed by atoms with E-state index in [1.54, 1.807) is 6.08 Å².